The summed E-state index contributed by atoms with van der Waals surface area (Å²) in [5.41, 5.74) is 3.38. The molecule has 0 aliphatic heterocycles. The Morgan fingerprint density at radius 3 is 2.71 bits per heavy atom. The molecule has 1 aromatic rings. The van der Waals surface area contributed by atoms with Crippen LogP contribution >= 0.6 is 11.8 Å². The van der Waals surface area contributed by atoms with E-state index < -0.39 is 5.97 Å². The predicted octanol–water partition coefficient (Wildman–Crippen LogP) is 3.46. The van der Waals surface area contributed by atoms with Gasteiger partial charge >= 0.3 is 5.97 Å². The van der Waals surface area contributed by atoms with Crippen molar-refractivity contribution < 1.29 is 9.90 Å². The number of aliphatic carboxylic acids is 1. The van der Waals surface area contributed by atoms with E-state index in [0.29, 0.717) is 4.91 Å². The molecular formula is C16H20N2O2S. The molecule has 0 saturated heterocycles. The average molecular weight is 304 g/mol. The van der Waals surface area contributed by atoms with Crippen LogP contribution in [0.2, 0.25) is 0 Å². The maximum atomic E-state index is 11.4. The fraction of sp³-hybridized carbons (Fsp3) is 0.500. The summed E-state index contributed by atoms with van der Waals surface area (Å²) in [6.07, 6.45) is 4.46. The van der Waals surface area contributed by atoms with Crippen molar-refractivity contribution in [1.29, 1.82) is 5.26 Å². The number of hydrogen-bond donors (Lipinski definition) is 1. The van der Waals surface area contributed by atoms with Crippen LogP contribution in [0.4, 0.5) is 0 Å². The lowest BCUT2D eigenvalue weighted by molar-refractivity contribution is -0.132. The van der Waals surface area contributed by atoms with Gasteiger partial charge < -0.3 is 9.67 Å². The number of aromatic nitrogens is 1. The first kappa shape index (κ1) is 15.7. The van der Waals surface area contributed by atoms with E-state index in [1.165, 1.54) is 35.9 Å². The first-order chi connectivity index (χ1) is 10.1. The van der Waals surface area contributed by atoms with Gasteiger partial charge in [0.05, 0.1) is 10.6 Å². The average Bonchev–Trinajstić information content (AvgIpc) is 2.85. The van der Waals surface area contributed by atoms with E-state index in [9.17, 15) is 15.2 Å². The summed E-state index contributed by atoms with van der Waals surface area (Å²) in [4.78, 5) is 12.0. The van der Waals surface area contributed by atoms with Crippen LogP contribution in [0, 0.1) is 11.3 Å². The Balaban J connectivity index is 2.64. The Bertz CT molecular complexity index is 623. The number of carbonyl (C=O) groups is 1. The molecule has 21 heavy (non-hydrogen) atoms. The molecule has 0 aromatic carbocycles. The van der Waals surface area contributed by atoms with Gasteiger partial charge in [0, 0.05) is 12.2 Å². The van der Waals surface area contributed by atoms with Crippen LogP contribution < -0.4 is 0 Å². The summed E-state index contributed by atoms with van der Waals surface area (Å²) in [5, 5.41) is 18.5. The summed E-state index contributed by atoms with van der Waals surface area (Å²) in [5.74, 6) is -0.400. The maximum Gasteiger partial charge on any atom is 0.347 e. The zero-order valence-corrected chi connectivity index (χ0v) is 13.3. The fourth-order valence-corrected chi connectivity index (χ4v) is 3.81. The van der Waals surface area contributed by atoms with E-state index in [1.807, 2.05) is 13.0 Å². The Morgan fingerprint density at radius 2 is 2.14 bits per heavy atom. The number of carboxylic acid groups (broad SMARTS) is 1. The highest BCUT2D eigenvalue weighted by molar-refractivity contribution is 8.08. The molecule has 0 amide bonds. The van der Waals surface area contributed by atoms with Crippen molar-refractivity contribution in [2.45, 2.75) is 46.1 Å². The zero-order chi connectivity index (χ0) is 15.4. The van der Waals surface area contributed by atoms with Crippen molar-refractivity contribution in [2.24, 2.45) is 0 Å². The molecule has 0 radical (unpaired) electrons. The molecule has 1 heterocycles. The monoisotopic (exact) mass is 304 g/mol. The Morgan fingerprint density at radius 1 is 1.43 bits per heavy atom. The predicted molar refractivity (Wildman–Crippen MR) is 85.0 cm³/mol. The molecule has 2 rings (SSSR count). The number of thioether (sulfide) groups is 1. The zero-order valence-electron chi connectivity index (χ0n) is 12.5. The summed E-state index contributed by atoms with van der Waals surface area (Å²) in [6, 6.07) is 3.96. The molecule has 1 aliphatic rings. The van der Waals surface area contributed by atoms with Gasteiger partial charge in [-0.05, 0) is 50.0 Å². The minimum atomic E-state index is -1.14. The van der Waals surface area contributed by atoms with Crippen LogP contribution in [0.15, 0.2) is 11.6 Å². The number of hydrogen-bond acceptors (Lipinski definition) is 3. The minimum Gasteiger partial charge on any atom is -0.477 e. The second-order valence-corrected chi connectivity index (χ2v) is 6.28. The Kier molecular flexibility index (Phi) is 5.13. The summed E-state index contributed by atoms with van der Waals surface area (Å²) >= 11 is 1.44. The number of fused-ring (bicyclic) bond motifs is 1. The summed E-state index contributed by atoms with van der Waals surface area (Å²) in [7, 11) is 0. The highest BCUT2D eigenvalue weighted by atomic mass is 32.2. The van der Waals surface area contributed by atoms with E-state index in [-0.39, 0.29) is 5.57 Å². The summed E-state index contributed by atoms with van der Waals surface area (Å²) in [6.45, 7) is 4.84. The third kappa shape index (κ3) is 3.01. The number of nitriles is 1. The standard InChI is InChI=1S/C16H20N2O2S/c1-3-18-13-8-6-5-7-11(13)9-14(18)15(21-4-2)12(10-17)16(19)20/h9H,3-8H2,1-2H3,(H,19,20). The highest BCUT2D eigenvalue weighted by Gasteiger charge is 2.23. The SMILES string of the molecule is CCSC(=C(C#N)C(=O)O)c1cc2c(n1CC)CCCC2. The van der Waals surface area contributed by atoms with Crippen LogP contribution in [0.25, 0.3) is 4.91 Å². The fourth-order valence-electron chi connectivity index (χ4n) is 2.93. The van der Waals surface area contributed by atoms with Gasteiger partial charge in [0.1, 0.15) is 6.07 Å². The van der Waals surface area contributed by atoms with Gasteiger partial charge in [-0.25, -0.2) is 4.79 Å². The normalized spacial score (nSPS) is 15.1. The molecule has 112 valence electrons. The molecule has 0 fully saturated rings. The molecule has 0 spiro atoms. The molecule has 1 aliphatic carbocycles. The van der Waals surface area contributed by atoms with Gasteiger partial charge in [-0.3, -0.25) is 0 Å². The Hall–Kier alpha value is -1.67. The van der Waals surface area contributed by atoms with E-state index in [4.69, 9.17) is 0 Å². The van der Waals surface area contributed by atoms with Crippen LogP contribution in [-0.4, -0.2) is 21.4 Å². The van der Waals surface area contributed by atoms with Crippen molar-refractivity contribution >= 4 is 22.6 Å². The first-order valence-corrected chi connectivity index (χ1v) is 8.34. The molecular weight excluding hydrogens is 284 g/mol. The van der Waals surface area contributed by atoms with Crippen molar-refractivity contribution in [2.75, 3.05) is 5.75 Å². The lowest BCUT2D eigenvalue weighted by Gasteiger charge is -2.16. The number of nitrogens with zero attached hydrogens (tertiary/aromatic N) is 2. The van der Waals surface area contributed by atoms with Crippen molar-refractivity contribution in [3.63, 3.8) is 0 Å². The van der Waals surface area contributed by atoms with Crippen molar-refractivity contribution in [3.05, 3.63) is 28.6 Å². The van der Waals surface area contributed by atoms with Gasteiger partial charge in [0.25, 0.3) is 0 Å². The molecule has 1 aromatic heterocycles. The molecule has 4 nitrogen and oxygen atoms in total. The van der Waals surface area contributed by atoms with Crippen LogP contribution in [0.1, 0.15) is 43.6 Å². The van der Waals surface area contributed by atoms with Gasteiger partial charge in [0.2, 0.25) is 0 Å². The quantitative estimate of drug-likeness (QED) is 0.668. The summed E-state index contributed by atoms with van der Waals surface area (Å²) < 4.78 is 2.19. The lowest BCUT2D eigenvalue weighted by atomic mass is 9.98. The van der Waals surface area contributed by atoms with Crippen LogP contribution in [0.3, 0.4) is 0 Å². The number of aryl methyl sites for hydroxylation is 1. The minimum absolute atomic E-state index is 0.147. The van der Waals surface area contributed by atoms with Crippen LogP contribution in [0.5, 0.6) is 0 Å². The molecule has 0 atom stereocenters. The largest absolute Gasteiger partial charge is 0.477 e. The lowest BCUT2D eigenvalue weighted by Crippen LogP contribution is -2.10. The van der Waals surface area contributed by atoms with Crippen LogP contribution in [-0.2, 0) is 24.2 Å². The van der Waals surface area contributed by atoms with Gasteiger partial charge in [0.15, 0.2) is 5.57 Å². The third-order valence-electron chi connectivity index (χ3n) is 3.80. The third-order valence-corrected chi connectivity index (χ3v) is 4.79. The molecule has 0 saturated carbocycles. The Labute approximate surface area is 129 Å². The second-order valence-electron chi connectivity index (χ2n) is 5.01. The molecule has 1 N–H and O–H groups in total. The molecule has 5 heteroatoms. The van der Waals surface area contributed by atoms with Crippen molar-refractivity contribution in [3.8, 4) is 6.07 Å². The smallest absolute Gasteiger partial charge is 0.347 e. The van der Waals surface area contributed by atoms with E-state index >= 15 is 0 Å². The topological polar surface area (TPSA) is 66.0 Å². The number of carboxylic acids is 1. The maximum absolute atomic E-state index is 11.4. The van der Waals surface area contributed by atoms with Gasteiger partial charge in [-0.1, -0.05) is 6.92 Å². The van der Waals surface area contributed by atoms with Crippen molar-refractivity contribution in [1.82, 2.24) is 4.57 Å². The van der Waals surface area contributed by atoms with E-state index in [0.717, 1.165) is 30.8 Å². The number of rotatable bonds is 5. The second kappa shape index (κ2) is 6.86. The molecule has 0 unspecified atom stereocenters. The first-order valence-electron chi connectivity index (χ1n) is 7.36. The molecule has 0 bridgehead atoms. The highest BCUT2D eigenvalue weighted by Crippen LogP contribution is 2.36. The van der Waals surface area contributed by atoms with E-state index in [2.05, 4.69) is 17.6 Å². The van der Waals surface area contributed by atoms with E-state index in [1.54, 1.807) is 0 Å². The van der Waals surface area contributed by atoms with Gasteiger partial charge in [-0.2, -0.15) is 5.26 Å². The van der Waals surface area contributed by atoms with Gasteiger partial charge in [-0.15, -0.1) is 11.8 Å².